The molecular weight excluding hydrogens is 243 g/mol. The van der Waals surface area contributed by atoms with Crippen LogP contribution in [0.4, 0.5) is 4.39 Å². The van der Waals surface area contributed by atoms with Crippen molar-refractivity contribution in [3.63, 3.8) is 0 Å². The summed E-state index contributed by atoms with van der Waals surface area (Å²) in [7, 11) is 1.70. The Hall–Kier alpha value is -1.00. The van der Waals surface area contributed by atoms with Crippen molar-refractivity contribution < 1.29 is 9.13 Å². The summed E-state index contributed by atoms with van der Waals surface area (Å²) in [6.45, 7) is 9.32. The number of hydrogen-bond acceptors (Lipinski definition) is 3. The lowest BCUT2D eigenvalue weighted by molar-refractivity contribution is -0.0120. The highest BCUT2D eigenvalue weighted by atomic mass is 19.1. The molecule has 1 aromatic rings. The van der Waals surface area contributed by atoms with Gasteiger partial charge in [-0.15, -0.1) is 0 Å². The third-order valence-corrected chi connectivity index (χ3v) is 3.11. The zero-order valence-corrected chi connectivity index (χ0v) is 12.5. The van der Waals surface area contributed by atoms with Crippen molar-refractivity contribution in [2.24, 2.45) is 5.41 Å². The van der Waals surface area contributed by atoms with E-state index in [1.54, 1.807) is 13.3 Å². The summed E-state index contributed by atoms with van der Waals surface area (Å²) in [6, 6.07) is 1.46. The Labute approximate surface area is 115 Å². The molecule has 1 heterocycles. The lowest BCUT2D eigenvalue weighted by Gasteiger charge is -2.36. The number of hydrogen-bond donors (Lipinski definition) is 1. The molecule has 0 saturated heterocycles. The van der Waals surface area contributed by atoms with Gasteiger partial charge in [0.2, 0.25) is 0 Å². The number of ether oxygens (including phenoxy) is 1. The quantitative estimate of drug-likeness (QED) is 0.859. The van der Waals surface area contributed by atoms with Crippen LogP contribution in [-0.2, 0) is 4.74 Å². The van der Waals surface area contributed by atoms with Crippen molar-refractivity contribution in [3.8, 4) is 0 Å². The number of nitrogens with zero attached hydrogens (tertiary/aromatic N) is 1. The standard InChI is InChI=1S/C15H25FN2O/c1-6-7-18-13(14(19-5)15(2,3)4)11-8-12(16)10-17-9-11/h8-10,13-14,18H,6-7H2,1-5H3. The summed E-state index contributed by atoms with van der Waals surface area (Å²) in [5.41, 5.74) is 0.780. The van der Waals surface area contributed by atoms with Crippen molar-refractivity contribution >= 4 is 0 Å². The van der Waals surface area contributed by atoms with Gasteiger partial charge in [0.15, 0.2) is 0 Å². The van der Waals surface area contributed by atoms with Crippen molar-refractivity contribution in [1.29, 1.82) is 0 Å². The molecule has 0 fully saturated rings. The maximum absolute atomic E-state index is 13.4. The molecule has 0 bridgehead atoms. The Morgan fingerprint density at radius 1 is 1.37 bits per heavy atom. The van der Waals surface area contributed by atoms with Gasteiger partial charge < -0.3 is 10.1 Å². The van der Waals surface area contributed by atoms with Crippen molar-refractivity contribution in [1.82, 2.24) is 10.3 Å². The summed E-state index contributed by atoms with van der Waals surface area (Å²) < 4.78 is 19.0. The smallest absolute Gasteiger partial charge is 0.141 e. The minimum atomic E-state index is -0.315. The van der Waals surface area contributed by atoms with Gasteiger partial charge in [0.25, 0.3) is 0 Å². The van der Waals surface area contributed by atoms with E-state index in [1.807, 2.05) is 0 Å². The lowest BCUT2D eigenvalue weighted by atomic mass is 9.82. The maximum Gasteiger partial charge on any atom is 0.141 e. The average Bonchev–Trinajstić information content (AvgIpc) is 2.32. The van der Waals surface area contributed by atoms with Gasteiger partial charge in [-0.3, -0.25) is 4.98 Å². The monoisotopic (exact) mass is 268 g/mol. The number of aromatic nitrogens is 1. The van der Waals surface area contributed by atoms with Crippen LogP contribution in [0, 0.1) is 11.2 Å². The van der Waals surface area contributed by atoms with E-state index in [0.29, 0.717) is 0 Å². The van der Waals surface area contributed by atoms with Crippen LogP contribution in [0.25, 0.3) is 0 Å². The van der Waals surface area contributed by atoms with Crippen molar-refractivity contribution in [2.75, 3.05) is 13.7 Å². The third-order valence-electron chi connectivity index (χ3n) is 3.11. The predicted octanol–water partition coefficient (Wildman–Crippen LogP) is 3.32. The molecule has 1 rings (SSSR count). The summed E-state index contributed by atoms with van der Waals surface area (Å²) in [5.74, 6) is -0.315. The van der Waals surface area contributed by atoms with Crippen LogP contribution in [0.5, 0.6) is 0 Å². The minimum Gasteiger partial charge on any atom is -0.379 e. The van der Waals surface area contributed by atoms with Gasteiger partial charge in [0.05, 0.1) is 18.3 Å². The summed E-state index contributed by atoms with van der Waals surface area (Å²) in [6.07, 6.45) is 3.88. The molecule has 3 nitrogen and oxygen atoms in total. The molecule has 0 amide bonds. The summed E-state index contributed by atoms with van der Waals surface area (Å²) in [5, 5.41) is 3.44. The van der Waals surface area contributed by atoms with E-state index in [4.69, 9.17) is 4.74 Å². The summed E-state index contributed by atoms with van der Waals surface area (Å²) in [4.78, 5) is 3.94. The second-order valence-electron chi connectivity index (χ2n) is 5.89. The third kappa shape index (κ3) is 4.55. The SMILES string of the molecule is CCCNC(c1cncc(F)c1)C(OC)C(C)(C)C. The minimum absolute atomic E-state index is 0.0491. The number of pyridine rings is 1. The Balaban J connectivity index is 3.06. The fourth-order valence-corrected chi connectivity index (χ4v) is 2.29. The van der Waals surface area contributed by atoms with Gasteiger partial charge in [0, 0.05) is 13.3 Å². The number of halogens is 1. The molecule has 0 aliphatic heterocycles. The topological polar surface area (TPSA) is 34.2 Å². The molecule has 0 aromatic carbocycles. The molecule has 108 valence electrons. The van der Waals surface area contributed by atoms with Crippen molar-refractivity contribution in [3.05, 3.63) is 29.8 Å². The molecule has 0 spiro atoms. The lowest BCUT2D eigenvalue weighted by Crippen LogP contribution is -2.41. The highest BCUT2D eigenvalue weighted by Gasteiger charge is 2.33. The highest BCUT2D eigenvalue weighted by Crippen LogP contribution is 2.32. The molecular formula is C15H25FN2O. The van der Waals surface area contributed by atoms with Gasteiger partial charge in [-0.2, -0.15) is 0 Å². The summed E-state index contributed by atoms with van der Waals surface area (Å²) >= 11 is 0. The van der Waals surface area contributed by atoms with Crippen molar-refractivity contribution in [2.45, 2.75) is 46.3 Å². The first-order chi connectivity index (χ1) is 8.90. The molecule has 2 atom stereocenters. The predicted molar refractivity (Wildman–Crippen MR) is 75.5 cm³/mol. The van der Waals surface area contributed by atoms with E-state index in [0.717, 1.165) is 18.5 Å². The Kier molecular flexibility index (Phi) is 5.88. The molecule has 1 aromatic heterocycles. The molecule has 0 radical (unpaired) electrons. The Morgan fingerprint density at radius 3 is 2.53 bits per heavy atom. The zero-order chi connectivity index (χ0) is 14.5. The molecule has 0 aliphatic rings. The molecule has 1 N–H and O–H groups in total. The van der Waals surface area contributed by atoms with Crippen LogP contribution in [-0.4, -0.2) is 24.7 Å². The van der Waals surface area contributed by atoms with Gasteiger partial charge in [-0.25, -0.2) is 4.39 Å². The Bertz CT molecular complexity index is 390. The average molecular weight is 268 g/mol. The largest absolute Gasteiger partial charge is 0.379 e. The molecule has 2 unspecified atom stereocenters. The zero-order valence-electron chi connectivity index (χ0n) is 12.5. The van der Waals surface area contributed by atoms with E-state index in [9.17, 15) is 4.39 Å². The van der Waals surface area contributed by atoms with Gasteiger partial charge in [0.1, 0.15) is 5.82 Å². The van der Waals surface area contributed by atoms with Gasteiger partial charge in [-0.05, 0) is 30.0 Å². The first-order valence-corrected chi connectivity index (χ1v) is 6.76. The Morgan fingerprint density at radius 2 is 2.05 bits per heavy atom. The normalized spacial score (nSPS) is 15.3. The van der Waals surface area contributed by atoms with Crippen LogP contribution < -0.4 is 5.32 Å². The van der Waals surface area contributed by atoms with E-state index < -0.39 is 0 Å². The highest BCUT2D eigenvalue weighted by molar-refractivity contribution is 5.17. The van der Waals surface area contributed by atoms with Crippen LogP contribution in [0.1, 0.15) is 45.7 Å². The molecule has 0 aliphatic carbocycles. The van der Waals surface area contributed by atoms with Crippen LogP contribution in [0.15, 0.2) is 18.5 Å². The van der Waals surface area contributed by atoms with Crippen LogP contribution in [0.2, 0.25) is 0 Å². The molecule has 4 heteroatoms. The number of nitrogens with one attached hydrogen (secondary N) is 1. The van der Waals surface area contributed by atoms with E-state index in [1.165, 1.54) is 12.3 Å². The van der Waals surface area contributed by atoms with Gasteiger partial charge >= 0.3 is 0 Å². The molecule has 0 saturated carbocycles. The number of methoxy groups -OCH3 is 1. The second kappa shape index (κ2) is 6.96. The van der Waals surface area contributed by atoms with Crippen LogP contribution >= 0.6 is 0 Å². The second-order valence-corrected chi connectivity index (χ2v) is 5.89. The number of rotatable bonds is 6. The van der Waals surface area contributed by atoms with Gasteiger partial charge in [-0.1, -0.05) is 27.7 Å². The fraction of sp³-hybridized carbons (Fsp3) is 0.667. The van der Waals surface area contributed by atoms with Crippen LogP contribution in [0.3, 0.4) is 0 Å². The first kappa shape index (κ1) is 16.1. The fourth-order valence-electron chi connectivity index (χ4n) is 2.29. The van der Waals surface area contributed by atoms with E-state index in [-0.39, 0.29) is 23.4 Å². The molecule has 19 heavy (non-hydrogen) atoms. The first-order valence-electron chi connectivity index (χ1n) is 6.76. The van der Waals surface area contributed by atoms with E-state index >= 15 is 0 Å². The maximum atomic E-state index is 13.4. The van der Waals surface area contributed by atoms with E-state index in [2.05, 4.69) is 38.0 Å².